The minimum Gasteiger partial charge on any atom is -0.484 e. The molecule has 0 bridgehead atoms. The van der Waals surface area contributed by atoms with Gasteiger partial charge in [-0.2, -0.15) is 10.4 Å². The van der Waals surface area contributed by atoms with Gasteiger partial charge in [0.2, 0.25) is 0 Å². The van der Waals surface area contributed by atoms with Crippen LogP contribution in [0.25, 0.3) is 0 Å². The van der Waals surface area contributed by atoms with Crippen molar-refractivity contribution < 1.29 is 4.74 Å². The highest BCUT2D eigenvalue weighted by Gasteiger charge is 2.11. The molecule has 0 saturated heterocycles. The van der Waals surface area contributed by atoms with E-state index in [0.717, 1.165) is 21.5 Å². The highest BCUT2D eigenvalue weighted by molar-refractivity contribution is 14.1. The van der Waals surface area contributed by atoms with Crippen molar-refractivity contribution in [2.24, 2.45) is 0 Å². The summed E-state index contributed by atoms with van der Waals surface area (Å²) >= 11 is 2.12. The lowest BCUT2D eigenvalue weighted by atomic mass is 10.2. The fraction of sp³-hybridized carbons (Fsp3) is 0.286. The number of benzene rings is 1. The van der Waals surface area contributed by atoms with Crippen LogP contribution in [-0.2, 0) is 13.2 Å². The van der Waals surface area contributed by atoms with Crippen LogP contribution in [0.2, 0.25) is 0 Å². The molecular formula is C14H15IN4O. The van der Waals surface area contributed by atoms with E-state index in [2.05, 4.69) is 33.8 Å². The third kappa shape index (κ3) is 3.04. The third-order valence-electron chi connectivity index (χ3n) is 2.85. The van der Waals surface area contributed by atoms with E-state index in [4.69, 9.17) is 15.7 Å². The Morgan fingerprint density at radius 3 is 2.80 bits per heavy atom. The molecular weight excluding hydrogens is 367 g/mol. The van der Waals surface area contributed by atoms with E-state index in [-0.39, 0.29) is 0 Å². The highest BCUT2D eigenvalue weighted by atomic mass is 127. The Morgan fingerprint density at radius 1 is 1.45 bits per heavy atom. The fourth-order valence-corrected chi connectivity index (χ4v) is 2.77. The van der Waals surface area contributed by atoms with Crippen LogP contribution in [0.3, 0.4) is 0 Å². The number of aryl methyl sites for hydroxylation is 2. The van der Waals surface area contributed by atoms with E-state index in [1.54, 1.807) is 12.1 Å². The van der Waals surface area contributed by atoms with Gasteiger partial charge in [-0.25, -0.2) is 0 Å². The number of nitrogen functional groups attached to an aromatic ring is 1. The van der Waals surface area contributed by atoms with E-state index < -0.39 is 0 Å². The van der Waals surface area contributed by atoms with Crippen LogP contribution >= 0.6 is 22.6 Å². The summed E-state index contributed by atoms with van der Waals surface area (Å²) in [5.74, 6) is 0.617. The zero-order chi connectivity index (χ0) is 14.7. The molecule has 0 radical (unpaired) electrons. The largest absolute Gasteiger partial charge is 0.484 e. The van der Waals surface area contributed by atoms with E-state index in [9.17, 15) is 0 Å². The molecule has 0 fully saturated rings. The van der Waals surface area contributed by atoms with Crippen LogP contribution < -0.4 is 10.5 Å². The minimum absolute atomic E-state index is 0.404. The summed E-state index contributed by atoms with van der Waals surface area (Å²) in [4.78, 5) is 0. The number of rotatable bonds is 4. The maximum absolute atomic E-state index is 8.90. The number of nitriles is 1. The first-order valence-corrected chi connectivity index (χ1v) is 7.28. The second kappa shape index (κ2) is 6.13. The van der Waals surface area contributed by atoms with Crippen molar-refractivity contribution in [2.45, 2.75) is 27.0 Å². The smallest absolute Gasteiger partial charge is 0.156 e. The first-order chi connectivity index (χ1) is 9.55. The summed E-state index contributed by atoms with van der Waals surface area (Å²) < 4.78 is 8.54. The molecule has 0 saturated carbocycles. The Bertz CT molecular complexity index is 649. The summed E-state index contributed by atoms with van der Waals surface area (Å²) in [6.45, 7) is 5.19. The molecule has 0 unspecified atom stereocenters. The van der Waals surface area contributed by atoms with Gasteiger partial charge in [-0.1, -0.05) is 0 Å². The molecule has 0 atom stereocenters. The highest BCUT2D eigenvalue weighted by Crippen LogP contribution is 2.30. The molecule has 6 heteroatoms. The van der Waals surface area contributed by atoms with Crippen molar-refractivity contribution in [3.05, 3.63) is 38.7 Å². The van der Waals surface area contributed by atoms with Crippen LogP contribution in [0, 0.1) is 21.8 Å². The summed E-state index contributed by atoms with van der Waals surface area (Å²) in [6.07, 6.45) is 0. The van der Waals surface area contributed by atoms with E-state index in [1.165, 1.54) is 0 Å². The summed E-state index contributed by atoms with van der Waals surface area (Å²) in [6, 6.07) is 7.46. The number of anilines is 1. The zero-order valence-electron chi connectivity index (χ0n) is 11.4. The van der Waals surface area contributed by atoms with Crippen molar-refractivity contribution in [1.29, 1.82) is 5.26 Å². The number of hydrogen-bond donors (Lipinski definition) is 1. The standard InChI is InChI=1S/C14H15IN4O/c1-3-19-11(4-9(2)18-19)8-20-14-12(15)5-10(7-16)6-13(14)17/h4-6H,3,8,17H2,1-2H3. The normalized spacial score (nSPS) is 10.3. The SMILES string of the molecule is CCn1nc(C)cc1COc1c(N)cc(C#N)cc1I. The number of aromatic nitrogens is 2. The van der Waals surface area contributed by atoms with Crippen LogP contribution in [0.4, 0.5) is 5.69 Å². The minimum atomic E-state index is 0.404. The number of ether oxygens (including phenoxy) is 1. The molecule has 0 aliphatic heterocycles. The van der Waals surface area contributed by atoms with Crippen LogP contribution in [0.1, 0.15) is 23.9 Å². The van der Waals surface area contributed by atoms with Gasteiger partial charge in [0.05, 0.1) is 32.3 Å². The molecule has 2 N–H and O–H groups in total. The molecule has 0 amide bonds. The summed E-state index contributed by atoms with van der Waals surface area (Å²) in [5, 5.41) is 13.3. The van der Waals surface area contributed by atoms with Gasteiger partial charge in [0, 0.05) is 6.54 Å². The Kier molecular flexibility index (Phi) is 4.49. The Morgan fingerprint density at radius 2 is 2.20 bits per heavy atom. The van der Waals surface area contributed by atoms with Crippen LogP contribution in [-0.4, -0.2) is 9.78 Å². The van der Waals surface area contributed by atoms with Crippen molar-refractivity contribution in [3.8, 4) is 11.8 Å². The van der Waals surface area contributed by atoms with Crippen LogP contribution in [0.5, 0.6) is 5.75 Å². The van der Waals surface area contributed by atoms with Crippen molar-refractivity contribution in [1.82, 2.24) is 9.78 Å². The van der Waals surface area contributed by atoms with Gasteiger partial charge >= 0.3 is 0 Å². The Balaban J connectivity index is 2.21. The number of hydrogen-bond acceptors (Lipinski definition) is 4. The predicted octanol–water partition coefficient (Wildman–Crippen LogP) is 2.85. The second-order valence-electron chi connectivity index (χ2n) is 4.37. The lowest BCUT2D eigenvalue weighted by Crippen LogP contribution is -2.07. The van der Waals surface area contributed by atoms with Crippen molar-refractivity contribution >= 4 is 28.3 Å². The van der Waals surface area contributed by atoms with Crippen molar-refractivity contribution in [3.63, 3.8) is 0 Å². The lowest BCUT2D eigenvalue weighted by molar-refractivity contribution is 0.292. The van der Waals surface area contributed by atoms with E-state index in [1.807, 2.05) is 24.6 Å². The van der Waals surface area contributed by atoms with Gasteiger partial charge in [0.25, 0.3) is 0 Å². The molecule has 1 aromatic carbocycles. The number of nitrogens with two attached hydrogens (primary N) is 1. The topological polar surface area (TPSA) is 76.9 Å². The van der Waals surface area contributed by atoms with E-state index >= 15 is 0 Å². The Labute approximate surface area is 131 Å². The molecule has 1 heterocycles. The average Bonchev–Trinajstić information content (AvgIpc) is 2.77. The maximum atomic E-state index is 8.90. The predicted molar refractivity (Wildman–Crippen MR) is 85.3 cm³/mol. The molecule has 2 aromatic rings. The molecule has 0 spiro atoms. The molecule has 1 aromatic heterocycles. The molecule has 0 aliphatic rings. The second-order valence-corrected chi connectivity index (χ2v) is 5.53. The monoisotopic (exact) mass is 382 g/mol. The zero-order valence-corrected chi connectivity index (χ0v) is 13.5. The average molecular weight is 382 g/mol. The summed E-state index contributed by atoms with van der Waals surface area (Å²) in [5.41, 5.74) is 8.92. The lowest BCUT2D eigenvalue weighted by Gasteiger charge is -2.12. The van der Waals surface area contributed by atoms with E-state index in [0.29, 0.717) is 23.6 Å². The number of halogens is 1. The number of nitrogens with zero attached hydrogens (tertiary/aromatic N) is 3. The van der Waals surface area contributed by atoms with Gasteiger partial charge in [-0.15, -0.1) is 0 Å². The van der Waals surface area contributed by atoms with Crippen LogP contribution in [0.15, 0.2) is 18.2 Å². The molecule has 20 heavy (non-hydrogen) atoms. The molecule has 104 valence electrons. The molecule has 5 nitrogen and oxygen atoms in total. The van der Waals surface area contributed by atoms with Gasteiger partial charge in [0.1, 0.15) is 6.61 Å². The first-order valence-electron chi connectivity index (χ1n) is 6.20. The first kappa shape index (κ1) is 14.7. The van der Waals surface area contributed by atoms with Gasteiger partial charge < -0.3 is 10.5 Å². The quantitative estimate of drug-likeness (QED) is 0.652. The molecule has 2 rings (SSSR count). The third-order valence-corrected chi connectivity index (χ3v) is 3.65. The summed E-state index contributed by atoms with van der Waals surface area (Å²) in [7, 11) is 0. The van der Waals surface area contributed by atoms with Gasteiger partial charge in [-0.3, -0.25) is 4.68 Å². The molecule has 0 aliphatic carbocycles. The van der Waals surface area contributed by atoms with Gasteiger partial charge in [-0.05, 0) is 54.6 Å². The fourth-order valence-electron chi connectivity index (χ4n) is 1.97. The van der Waals surface area contributed by atoms with Crippen molar-refractivity contribution in [2.75, 3.05) is 5.73 Å². The maximum Gasteiger partial charge on any atom is 0.156 e. The Hall–Kier alpha value is -1.75. The van der Waals surface area contributed by atoms with Gasteiger partial charge in [0.15, 0.2) is 5.75 Å².